The van der Waals surface area contributed by atoms with Gasteiger partial charge in [0.1, 0.15) is 33.8 Å². The zero-order valence-electron chi connectivity index (χ0n) is 33.9. The third kappa shape index (κ3) is 4.69. The Morgan fingerprint density at radius 1 is 0.349 bits per heavy atom. The number of ether oxygens (including phenoxy) is 1. The second-order valence-electron chi connectivity index (χ2n) is 16.7. The van der Waals surface area contributed by atoms with Crippen molar-refractivity contribution in [2.45, 2.75) is 0 Å². The highest BCUT2D eigenvalue weighted by Crippen LogP contribution is 2.43. The first-order valence-electron chi connectivity index (χ1n) is 21.5. The first kappa shape index (κ1) is 34.6. The Kier molecular flexibility index (Phi) is 7.10. The number of nitrogens with zero attached hydrogens (tertiary/aromatic N) is 1. The molecular weight excluding hydrogens is 787 g/mol. The van der Waals surface area contributed by atoms with Crippen LogP contribution in [0.4, 0.5) is 0 Å². The Morgan fingerprint density at radius 3 is 1.73 bits per heavy atom. The SMILES string of the molecule is c1ccc2c(c1)Oc1c(-c3cccc4c3oc3ccccc34)cccc1[Si]2(c1ccc2c(c1)oc1ccccc12)c1cccc2c(-n3c4ccccc4c4ccccc43)cccc12. The van der Waals surface area contributed by atoms with Gasteiger partial charge in [0.25, 0.3) is 0 Å². The van der Waals surface area contributed by atoms with E-state index in [1.807, 2.05) is 18.2 Å². The molecule has 1 unspecified atom stereocenters. The lowest BCUT2D eigenvalue weighted by atomic mass is 10.0. The lowest BCUT2D eigenvalue weighted by Crippen LogP contribution is -2.76. The lowest BCUT2D eigenvalue weighted by Gasteiger charge is -2.40. The molecule has 13 aromatic rings. The van der Waals surface area contributed by atoms with Crippen LogP contribution in [0.5, 0.6) is 11.5 Å². The fraction of sp³-hybridized carbons (Fsp3) is 0. The molecule has 0 spiro atoms. The summed E-state index contributed by atoms with van der Waals surface area (Å²) in [6.45, 7) is 0. The Morgan fingerprint density at radius 2 is 0.905 bits per heavy atom. The van der Waals surface area contributed by atoms with E-state index in [2.05, 4.69) is 199 Å². The zero-order chi connectivity index (χ0) is 41.2. The van der Waals surface area contributed by atoms with E-state index >= 15 is 0 Å². The summed E-state index contributed by atoms with van der Waals surface area (Å²) in [6, 6.07) is 76.8. The van der Waals surface area contributed by atoms with Gasteiger partial charge >= 0.3 is 0 Å². The van der Waals surface area contributed by atoms with Gasteiger partial charge in [0.2, 0.25) is 0 Å². The van der Waals surface area contributed by atoms with Crippen LogP contribution in [0.25, 0.3) is 93.3 Å². The Bertz CT molecular complexity index is 3990. The van der Waals surface area contributed by atoms with Crippen molar-refractivity contribution in [3.8, 4) is 28.3 Å². The molecule has 0 N–H and O–H groups in total. The van der Waals surface area contributed by atoms with Crippen LogP contribution >= 0.6 is 0 Å². The van der Waals surface area contributed by atoms with E-state index in [0.717, 1.165) is 72.2 Å². The van der Waals surface area contributed by atoms with Crippen molar-refractivity contribution in [1.29, 1.82) is 0 Å². The van der Waals surface area contributed by atoms with Gasteiger partial charge in [-0.15, -0.1) is 0 Å². The molecule has 1 aliphatic rings. The molecule has 10 aromatic carbocycles. The quantitative estimate of drug-likeness (QED) is 0.166. The monoisotopic (exact) mass is 821 g/mol. The summed E-state index contributed by atoms with van der Waals surface area (Å²) in [4.78, 5) is 0. The van der Waals surface area contributed by atoms with Gasteiger partial charge in [-0.2, -0.15) is 0 Å². The molecule has 63 heavy (non-hydrogen) atoms. The molecule has 4 nitrogen and oxygen atoms in total. The summed E-state index contributed by atoms with van der Waals surface area (Å²) in [5.74, 6) is 1.72. The number of hydrogen-bond acceptors (Lipinski definition) is 3. The van der Waals surface area contributed by atoms with Gasteiger partial charge in [0.15, 0.2) is 8.07 Å². The molecule has 0 radical (unpaired) electrons. The van der Waals surface area contributed by atoms with Crippen molar-refractivity contribution in [2.75, 3.05) is 0 Å². The zero-order valence-corrected chi connectivity index (χ0v) is 34.9. The van der Waals surface area contributed by atoms with Crippen LogP contribution in [0.1, 0.15) is 0 Å². The molecule has 0 saturated carbocycles. The molecule has 0 bridgehead atoms. The summed E-state index contributed by atoms with van der Waals surface area (Å²) in [6.07, 6.45) is 0. The molecule has 0 aliphatic carbocycles. The minimum atomic E-state index is -3.31. The maximum atomic E-state index is 7.28. The summed E-state index contributed by atoms with van der Waals surface area (Å²) in [5, 5.41) is 14.2. The van der Waals surface area contributed by atoms with E-state index in [4.69, 9.17) is 13.6 Å². The van der Waals surface area contributed by atoms with Crippen molar-refractivity contribution in [3.05, 3.63) is 212 Å². The van der Waals surface area contributed by atoms with Crippen LogP contribution in [-0.4, -0.2) is 12.6 Å². The van der Waals surface area contributed by atoms with E-state index in [1.165, 1.54) is 53.3 Å². The second kappa shape index (κ2) is 12.9. The first-order valence-corrected chi connectivity index (χ1v) is 23.5. The van der Waals surface area contributed by atoms with Gasteiger partial charge in [-0.3, -0.25) is 0 Å². The average Bonchev–Trinajstić information content (AvgIpc) is 4.02. The molecule has 0 fully saturated rings. The molecule has 5 heteroatoms. The van der Waals surface area contributed by atoms with Crippen molar-refractivity contribution < 1.29 is 13.6 Å². The molecule has 3 aromatic heterocycles. The molecule has 14 rings (SSSR count). The number of para-hydroxylation sites is 7. The predicted octanol–water partition coefficient (Wildman–Crippen LogP) is 12.9. The highest BCUT2D eigenvalue weighted by molar-refractivity contribution is 7.21. The Labute approximate surface area is 362 Å². The van der Waals surface area contributed by atoms with Crippen LogP contribution in [0.2, 0.25) is 0 Å². The van der Waals surface area contributed by atoms with Crippen LogP contribution < -0.4 is 25.5 Å². The van der Waals surface area contributed by atoms with Crippen molar-refractivity contribution in [1.82, 2.24) is 4.57 Å². The topological polar surface area (TPSA) is 40.4 Å². The van der Waals surface area contributed by atoms with Gasteiger partial charge in [-0.25, -0.2) is 0 Å². The van der Waals surface area contributed by atoms with Crippen LogP contribution in [0.3, 0.4) is 0 Å². The average molecular weight is 822 g/mol. The second-order valence-corrected chi connectivity index (χ2v) is 20.4. The number of aromatic nitrogens is 1. The lowest BCUT2D eigenvalue weighted by molar-refractivity contribution is 0.489. The number of rotatable bonds is 4. The highest BCUT2D eigenvalue weighted by atomic mass is 28.3. The standard InChI is InChI=1S/C58H35NO3Si/c1-5-24-47-37(15-1)38-16-2-6-25-48(38)59(47)49-26-12-20-43-39(49)19-13-31-54(43)63(36-33-34-42-40-17-3-7-27-50(40)60-53(42)35-36)55-30-10-9-29-52(55)62-58-46(23-14-32-56(58)63)45-22-11-21-44-41-18-4-8-28-51(41)61-57(44)45/h1-35H. The minimum Gasteiger partial charge on any atom is -0.457 e. The van der Waals surface area contributed by atoms with E-state index < -0.39 is 8.07 Å². The molecule has 1 aliphatic heterocycles. The predicted molar refractivity (Wildman–Crippen MR) is 262 cm³/mol. The molecule has 0 saturated heterocycles. The van der Waals surface area contributed by atoms with Crippen LogP contribution in [-0.2, 0) is 0 Å². The smallest absolute Gasteiger partial charge is 0.189 e. The number of hydrogen-bond donors (Lipinski definition) is 0. The Hall–Kier alpha value is -8.12. The van der Waals surface area contributed by atoms with Crippen molar-refractivity contribution in [2.24, 2.45) is 0 Å². The first-order chi connectivity index (χ1) is 31.3. The number of benzene rings is 10. The molecule has 1 atom stereocenters. The molecular formula is C58H35NO3Si. The van der Waals surface area contributed by atoms with Gasteiger partial charge in [0.05, 0.1) is 16.7 Å². The third-order valence-corrected chi connectivity index (χ3v) is 18.4. The minimum absolute atomic E-state index is 0.853. The normalized spacial score (nSPS) is 14.9. The Balaban J connectivity index is 1.12. The third-order valence-electron chi connectivity index (χ3n) is 13.6. The summed E-state index contributed by atoms with van der Waals surface area (Å²) < 4.78 is 23.2. The molecule has 294 valence electrons. The van der Waals surface area contributed by atoms with Gasteiger partial charge < -0.3 is 18.1 Å². The van der Waals surface area contributed by atoms with Gasteiger partial charge in [-0.1, -0.05) is 170 Å². The van der Waals surface area contributed by atoms with Crippen molar-refractivity contribution in [3.63, 3.8) is 0 Å². The summed E-state index contributed by atoms with van der Waals surface area (Å²) in [7, 11) is -3.31. The van der Waals surface area contributed by atoms with Crippen LogP contribution in [0.15, 0.2) is 221 Å². The summed E-state index contributed by atoms with van der Waals surface area (Å²) >= 11 is 0. The maximum Gasteiger partial charge on any atom is 0.189 e. The number of furan rings is 2. The summed E-state index contributed by atoms with van der Waals surface area (Å²) in [5.41, 5.74) is 9.00. The van der Waals surface area contributed by atoms with Crippen LogP contribution in [0, 0.1) is 0 Å². The molecule has 0 amide bonds. The van der Waals surface area contributed by atoms with E-state index in [1.54, 1.807) is 0 Å². The van der Waals surface area contributed by atoms with Crippen molar-refractivity contribution >= 4 is 105 Å². The fourth-order valence-corrected chi connectivity index (χ4v) is 16.1. The van der Waals surface area contributed by atoms with E-state index in [0.29, 0.717) is 0 Å². The molecule has 4 heterocycles. The maximum absolute atomic E-state index is 7.28. The van der Waals surface area contributed by atoms with Gasteiger partial charge in [0, 0.05) is 48.8 Å². The fourth-order valence-electron chi connectivity index (χ4n) is 10.9. The highest BCUT2D eigenvalue weighted by Gasteiger charge is 2.50. The number of fused-ring (bicyclic) bond motifs is 12. The largest absolute Gasteiger partial charge is 0.457 e. The van der Waals surface area contributed by atoms with E-state index in [-0.39, 0.29) is 0 Å². The van der Waals surface area contributed by atoms with Gasteiger partial charge in [-0.05, 0) is 68.6 Å². The van der Waals surface area contributed by atoms with E-state index in [9.17, 15) is 0 Å².